The highest BCUT2D eigenvalue weighted by Crippen LogP contribution is 2.26. The van der Waals surface area contributed by atoms with Crippen molar-refractivity contribution in [3.8, 4) is 5.75 Å². The molecule has 0 fully saturated rings. The van der Waals surface area contributed by atoms with Crippen LogP contribution in [0.2, 0.25) is 0 Å². The van der Waals surface area contributed by atoms with Gasteiger partial charge in [-0.2, -0.15) is 0 Å². The molecule has 0 atom stereocenters. The predicted octanol–water partition coefficient (Wildman–Crippen LogP) is 3.30. The van der Waals surface area contributed by atoms with Gasteiger partial charge in [0.05, 0.1) is 22.1 Å². The summed E-state index contributed by atoms with van der Waals surface area (Å²) in [7, 11) is 0. The van der Waals surface area contributed by atoms with Crippen molar-refractivity contribution < 1.29 is 9.84 Å². The van der Waals surface area contributed by atoms with E-state index in [1.807, 2.05) is 31.2 Å². The Bertz CT molecular complexity index is 543. The molecule has 0 bridgehead atoms. The number of benzene rings is 1. The Labute approximate surface area is 117 Å². The van der Waals surface area contributed by atoms with Gasteiger partial charge in [0.15, 0.2) is 0 Å². The molecule has 0 unspecified atom stereocenters. The summed E-state index contributed by atoms with van der Waals surface area (Å²) in [6, 6.07) is 7.97. The van der Waals surface area contributed by atoms with Gasteiger partial charge in [-0.1, -0.05) is 18.2 Å². The number of ether oxygens (including phenoxy) is 1. The Hall–Kier alpha value is -1.39. The van der Waals surface area contributed by atoms with Crippen molar-refractivity contribution in [3.05, 3.63) is 45.9 Å². The van der Waals surface area contributed by atoms with Gasteiger partial charge in [-0.25, -0.2) is 4.98 Å². The van der Waals surface area contributed by atoms with E-state index in [1.165, 1.54) is 11.3 Å². The van der Waals surface area contributed by atoms with Crippen molar-refractivity contribution in [2.45, 2.75) is 32.8 Å². The fourth-order valence-corrected chi connectivity index (χ4v) is 2.58. The molecule has 1 aromatic carbocycles. The highest BCUT2D eigenvalue weighted by Gasteiger charge is 2.19. The maximum atomic E-state index is 9.88. The molecule has 0 saturated heterocycles. The summed E-state index contributed by atoms with van der Waals surface area (Å²) < 4.78 is 5.74. The average molecular weight is 277 g/mol. The second-order valence-electron chi connectivity index (χ2n) is 5.04. The minimum atomic E-state index is -0.813. The highest BCUT2D eigenvalue weighted by atomic mass is 32.1. The number of aryl methyl sites for hydroxylation is 1. The van der Waals surface area contributed by atoms with Crippen molar-refractivity contribution in [1.82, 2.24) is 4.98 Å². The van der Waals surface area contributed by atoms with Crippen LogP contribution >= 0.6 is 11.3 Å². The Kier molecular flexibility index (Phi) is 4.22. The van der Waals surface area contributed by atoms with Crippen LogP contribution in [0.4, 0.5) is 0 Å². The molecule has 0 radical (unpaired) electrons. The molecule has 0 saturated carbocycles. The molecule has 0 amide bonds. The largest absolute Gasteiger partial charge is 0.493 e. The van der Waals surface area contributed by atoms with Gasteiger partial charge < -0.3 is 9.84 Å². The molecule has 0 spiro atoms. The van der Waals surface area contributed by atoms with E-state index >= 15 is 0 Å². The van der Waals surface area contributed by atoms with Crippen molar-refractivity contribution >= 4 is 11.3 Å². The van der Waals surface area contributed by atoms with E-state index in [1.54, 1.807) is 20.0 Å². The lowest BCUT2D eigenvalue weighted by atomic mass is 10.1. The molecular formula is C15H19NO2S. The van der Waals surface area contributed by atoms with E-state index in [0.29, 0.717) is 6.61 Å². The molecule has 2 rings (SSSR count). The van der Waals surface area contributed by atoms with Crippen LogP contribution in [-0.4, -0.2) is 16.7 Å². The van der Waals surface area contributed by atoms with Gasteiger partial charge in [-0.3, -0.25) is 0 Å². The minimum Gasteiger partial charge on any atom is -0.493 e. The lowest BCUT2D eigenvalue weighted by molar-refractivity contribution is 0.0823. The van der Waals surface area contributed by atoms with Crippen molar-refractivity contribution in [2.75, 3.05) is 6.61 Å². The molecule has 102 valence electrons. The Morgan fingerprint density at radius 2 is 2.05 bits per heavy atom. The first-order chi connectivity index (χ1) is 8.97. The maximum Gasteiger partial charge on any atom is 0.122 e. The third-order valence-corrected chi connectivity index (χ3v) is 4.19. The first-order valence-electron chi connectivity index (χ1n) is 6.33. The number of aliphatic hydroxyl groups is 1. The van der Waals surface area contributed by atoms with Crippen LogP contribution in [0.1, 0.15) is 29.3 Å². The molecular weight excluding hydrogens is 258 g/mol. The molecule has 19 heavy (non-hydrogen) atoms. The van der Waals surface area contributed by atoms with Gasteiger partial charge in [-0.05, 0) is 32.4 Å². The monoisotopic (exact) mass is 277 g/mol. The van der Waals surface area contributed by atoms with Crippen LogP contribution in [0.25, 0.3) is 0 Å². The summed E-state index contributed by atoms with van der Waals surface area (Å²) in [6.07, 6.45) is 2.50. The van der Waals surface area contributed by atoms with Crippen LogP contribution in [0.3, 0.4) is 0 Å². The van der Waals surface area contributed by atoms with E-state index in [9.17, 15) is 5.11 Å². The number of thiazole rings is 1. The van der Waals surface area contributed by atoms with Crippen LogP contribution in [0.5, 0.6) is 5.75 Å². The van der Waals surface area contributed by atoms with Crippen LogP contribution in [0, 0.1) is 6.92 Å². The number of nitrogens with zero attached hydrogens (tertiary/aromatic N) is 1. The summed E-state index contributed by atoms with van der Waals surface area (Å²) in [5.74, 6) is 0.918. The first-order valence-corrected chi connectivity index (χ1v) is 7.14. The number of para-hydroxylation sites is 1. The van der Waals surface area contributed by atoms with Gasteiger partial charge in [-0.15, -0.1) is 11.3 Å². The Balaban J connectivity index is 1.90. The Morgan fingerprint density at radius 3 is 2.68 bits per heavy atom. The second kappa shape index (κ2) is 5.72. The summed E-state index contributed by atoms with van der Waals surface area (Å²) in [5.41, 5.74) is 0.325. The summed E-state index contributed by atoms with van der Waals surface area (Å²) in [5, 5.41) is 10.9. The SMILES string of the molecule is Cc1ccccc1OCCc1ncc(C(C)(C)O)s1. The minimum absolute atomic E-state index is 0.601. The zero-order valence-electron chi connectivity index (χ0n) is 11.5. The fourth-order valence-electron chi connectivity index (χ4n) is 1.68. The molecule has 1 aromatic heterocycles. The molecule has 0 aliphatic heterocycles. The highest BCUT2D eigenvalue weighted by molar-refractivity contribution is 7.11. The van der Waals surface area contributed by atoms with Crippen molar-refractivity contribution in [3.63, 3.8) is 0 Å². The topological polar surface area (TPSA) is 42.4 Å². The van der Waals surface area contributed by atoms with E-state index in [2.05, 4.69) is 4.98 Å². The fraction of sp³-hybridized carbons (Fsp3) is 0.400. The summed E-state index contributed by atoms with van der Waals surface area (Å²) in [6.45, 7) is 6.18. The summed E-state index contributed by atoms with van der Waals surface area (Å²) >= 11 is 1.54. The van der Waals surface area contributed by atoms with Crippen LogP contribution < -0.4 is 4.74 Å². The molecule has 0 aliphatic carbocycles. The van der Waals surface area contributed by atoms with E-state index < -0.39 is 5.60 Å². The third kappa shape index (κ3) is 3.78. The molecule has 4 heteroatoms. The zero-order chi connectivity index (χ0) is 13.9. The van der Waals surface area contributed by atoms with Crippen molar-refractivity contribution in [2.24, 2.45) is 0 Å². The second-order valence-corrected chi connectivity index (χ2v) is 6.16. The van der Waals surface area contributed by atoms with E-state index in [4.69, 9.17) is 4.74 Å². The first kappa shape index (κ1) is 14.0. The zero-order valence-corrected chi connectivity index (χ0v) is 12.3. The van der Waals surface area contributed by atoms with E-state index in [-0.39, 0.29) is 0 Å². The average Bonchev–Trinajstić information content (AvgIpc) is 2.80. The molecule has 1 heterocycles. The van der Waals surface area contributed by atoms with Crippen LogP contribution in [-0.2, 0) is 12.0 Å². The number of hydrogen-bond donors (Lipinski definition) is 1. The molecule has 3 nitrogen and oxygen atoms in total. The lowest BCUT2D eigenvalue weighted by Gasteiger charge is -2.13. The normalized spacial score (nSPS) is 11.6. The number of hydrogen-bond acceptors (Lipinski definition) is 4. The van der Waals surface area contributed by atoms with Gasteiger partial charge in [0, 0.05) is 12.6 Å². The summed E-state index contributed by atoms with van der Waals surface area (Å²) in [4.78, 5) is 5.20. The number of aromatic nitrogens is 1. The van der Waals surface area contributed by atoms with E-state index in [0.717, 1.165) is 27.6 Å². The quantitative estimate of drug-likeness (QED) is 0.911. The van der Waals surface area contributed by atoms with Crippen molar-refractivity contribution in [1.29, 1.82) is 0 Å². The predicted molar refractivity (Wildman–Crippen MR) is 77.7 cm³/mol. The molecule has 1 N–H and O–H groups in total. The third-order valence-electron chi connectivity index (χ3n) is 2.82. The van der Waals surface area contributed by atoms with Gasteiger partial charge in [0.1, 0.15) is 5.75 Å². The van der Waals surface area contributed by atoms with Gasteiger partial charge in [0.25, 0.3) is 0 Å². The molecule has 0 aliphatic rings. The standard InChI is InChI=1S/C15H19NO2S/c1-11-6-4-5-7-12(11)18-9-8-14-16-10-13(19-14)15(2,3)17/h4-7,10,17H,8-9H2,1-3H3. The Morgan fingerprint density at radius 1 is 1.32 bits per heavy atom. The molecule has 2 aromatic rings. The lowest BCUT2D eigenvalue weighted by Crippen LogP contribution is -2.12. The maximum absolute atomic E-state index is 9.88. The van der Waals surface area contributed by atoms with Gasteiger partial charge in [0.2, 0.25) is 0 Å². The smallest absolute Gasteiger partial charge is 0.122 e. The van der Waals surface area contributed by atoms with Crippen LogP contribution in [0.15, 0.2) is 30.5 Å². The number of rotatable bonds is 5. The van der Waals surface area contributed by atoms with Gasteiger partial charge >= 0.3 is 0 Å².